The molecule has 1 aliphatic carbocycles. The van der Waals surface area contributed by atoms with E-state index in [4.69, 9.17) is 9.47 Å². The van der Waals surface area contributed by atoms with Gasteiger partial charge >= 0.3 is 5.97 Å². The minimum absolute atomic E-state index is 0.207. The third-order valence-corrected chi connectivity index (χ3v) is 9.00. The van der Waals surface area contributed by atoms with Crippen LogP contribution in [0, 0.1) is 11.3 Å². The van der Waals surface area contributed by atoms with E-state index in [-0.39, 0.29) is 24.0 Å². The number of likely N-dealkylation sites (tertiary alicyclic amines) is 1. The molecule has 0 bridgehead atoms. The Hall–Kier alpha value is -3.06. The summed E-state index contributed by atoms with van der Waals surface area (Å²) in [4.78, 5) is 29.9. The molecule has 1 saturated heterocycles. The van der Waals surface area contributed by atoms with Crippen LogP contribution in [-0.4, -0.2) is 59.8 Å². The van der Waals surface area contributed by atoms with Gasteiger partial charge in [0.25, 0.3) is 0 Å². The third-order valence-electron chi connectivity index (χ3n) is 9.00. The Balaban J connectivity index is 1.24. The molecule has 0 aromatic heterocycles. The number of nitrogens with zero attached hydrogens (tertiary/aromatic N) is 2. The molecule has 2 aliphatic heterocycles. The summed E-state index contributed by atoms with van der Waals surface area (Å²) in [5.41, 5.74) is 2.09. The van der Waals surface area contributed by atoms with Gasteiger partial charge in [0.15, 0.2) is 6.73 Å². The number of hydrogen-bond donors (Lipinski definition) is 1. The molecule has 7 heteroatoms. The van der Waals surface area contributed by atoms with Crippen LogP contribution in [0.4, 0.5) is 0 Å². The van der Waals surface area contributed by atoms with E-state index in [2.05, 4.69) is 24.8 Å². The third kappa shape index (κ3) is 4.93. The number of carbonyl (C=O) groups excluding carboxylic acids is 1. The maximum atomic E-state index is 14.0. The molecule has 2 aromatic rings. The van der Waals surface area contributed by atoms with Gasteiger partial charge in [-0.3, -0.25) is 4.79 Å². The molecule has 2 heterocycles. The van der Waals surface area contributed by atoms with Crippen molar-refractivity contribution in [2.24, 2.45) is 11.3 Å². The van der Waals surface area contributed by atoms with Crippen LogP contribution >= 0.6 is 0 Å². The van der Waals surface area contributed by atoms with Gasteiger partial charge in [-0.15, -0.1) is 0 Å². The van der Waals surface area contributed by atoms with Crippen LogP contribution in [0.3, 0.4) is 0 Å². The zero-order valence-electron chi connectivity index (χ0n) is 22.1. The van der Waals surface area contributed by atoms with Crippen LogP contribution in [-0.2, 0) is 11.3 Å². The average Bonchev–Trinajstić information content (AvgIpc) is 3.39. The first-order valence-electron chi connectivity index (χ1n) is 13.5. The lowest BCUT2D eigenvalue weighted by Crippen LogP contribution is -2.49. The van der Waals surface area contributed by atoms with Crippen molar-refractivity contribution in [2.75, 3.05) is 26.9 Å². The zero-order chi connectivity index (χ0) is 26.2. The molecule has 2 atom stereocenters. The minimum atomic E-state index is -0.873. The highest BCUT2D eigenvalue weighted by molar-refractivity contribution is 5.87. The van der Waals surface area contributed by atoms with Crippen molar-refractivity contribution in [3.05, 3.63) is 59.2 Å². The molecule has 198 valence electrons. The second kappa shape index (κ2) is 10.4. The first kappa shape index (κ1) is 25.6. The molecule has 37 heavy (non-hydrogen) atoms. The fourth-order valence-electron chi connectivity index (χ4n) is 6.64. The van der Waals surface area contributed by atoms with Gasteiger partial charge in [-0.2, -0.15) is 0 Å². The number of carboxylic acids is 1. The molecule has 0 radical (unpaired) electrons. The van der Waals surface area contributed by atoms with Crippen molar-refractivity contribution < 1.29 is 24.2 Å². The van der Waals surface area contributed by atoms with Gasteiger partial charge in [-0.1, -0.05) is 26.0 Å². The Morgan fingerprint density at radius 3 is 2.59 bits per heavy atom. The Morgan fingerprint density at radius 2 is 1.89 bits per heavy atom. The smallest absolute Gasteiger partial charge is 0.335 e. The molecule has 1 amide bonds. The predicted octanol–water partition coefficient (Wildman–Crippen LogP) is 5.15. The van der Waals surface area contributed by atoms with Crippen LogP contribution in [0.5, 0.6) is 11.5 Å². The Morgan fingerprint density at radius 1 is 1.11 bits per heavy atom. The summed E-state index contributed by atoms with van der Waals surface area (Å²) in [6.45, 7) is 7.17. The number of carbonyl (C=O) groups is 2. The molecule has 3 aliphatic rings. The van der Waals surface area contributed by atoms with E-state index in [1.54, 1.807) is 13.2 Å². The van der Waals surface area contributed by atoms with Gasteiger partial charge in [-0.05, 0) is 92.9 Å². The molecule has 5 rings (SSSR count). The SMILES string of the molecule is COc1ccc2c(c1)CN(C(=O)[C@@]1(C(C)C)CC[C@@H](N3CCC(c4cccc(C(=O)O)c4)CC3)C1)CO2. The topological polar surface area (TPSA) is 79.3 Å². The second-order valence-electron chi connectivity index (χ2n) is 11.2. The Bertz CT molecular complexity index is 1160. The lowest BCUT2D eigenvalue weighted by atomic mass is 9.74. The number of amides is 1. The first-order chi connectivity index (χ1) is 17.8. The molecule has 2 aromatic carbocycles. The Kier molecular flexibility index (Phi) is 7.17. The summed E-state index contributed by atoms with van der Waals surface area (Å²) in [6, 6.07) is 13.6. The van der Waals surface area contributed by atoms with Crippen LogP contribution in [0.1, 0.15) is 73.4 Å². The van der Waals surface area contributed by atoms with E-state index in [0.29, 0.717) is 24.1 Å². The van der Waals surface area contributed by atoms with E-state index in [9.17, 15) is 14.7 Å². The maximum Gasteiger partial charge on any atom is 0.335 e. The van der Waals surface area contributed by atoms with E-state index in [0.717, 1.165) is 67.8 Å². The highest BCUT2D eigenvalue weighted by Crippen LogP contribution is 2.49. The van der Waals surface area contributed by atoms with Crippen molar-refractivity contribution in [1.29, 1.82) is 0 Å². The first-order valence-corrected chi connectivity index (χ1v) is 13.5. The number of benzene rings is 2. The number of rotatable bonds is 6. The number of piperidine rings is 1. The average molecular weight is 507 g/mol. The monoisotopic (exact) mass is 506 g/mol. The molecule has 2 fully saturated rings. The minimum Gasteiger partial charge on any atom is -0.497 e. The summed E-state index contributed by atoms with van der Waals surface area (Å²) < 4.78 is 11.3. The number of hydrogen-bond acceptors (Lipinski definition) is 5. The van der Waals surface area contributed by atoms with E-state index in [1.165, 1.54) is 0 Å². The lowest BCUT2D eigenvalue weighted by molar-refractivity contribution is -0.150. The fourth-order valence-corrected chi connectivity index (χ4v) is 6.64. The van der Waals surface area contributed by atoms with Crippen molar-refractivity contribution >= 4 is 11.9 Å². The summed E-state index contributed by atoms with van der Waals surface area (Å²) in [7, 11) is 1.65. The molecule has 0 spiro atoms. The number of methoxy groups -OCH3 is 1. The van der Waals surface area contributed by atoms with Crippen LogP contribution < -0.4 is 9.47 Å². The summed E-state index contributed by atoms with van der Waals surface area (Å²) in [6.07, 6.45) is 4.84. The molecule has 7 nitrogen and oxygen atoms in total. The second-order valence-corrected chi connectivity index (χ2v) is 11.2. The van der Waals surface area contributed by atoms with Gasteiger partial charge in [0, 0.05) is 11.6 Å². The van der Waals surface area contributed by atoms with Gasteiger partial charge in [0.2, 0.25) is 5.91 Å². The van der Waals surface area contributed by atoms with Crippen molar-refractivity contribution in [3.63, 3.8) is 0 Å². The number of carboxylic acid groups (broad SMARTS) is 1. The van der Waals surface area contributed by atoms with Crippen LogP contribution in [0.25, 0.3) is 0 Å². The largest absolute Gasteiger partial charge is 0.497 e. The van der Waals surface area contributed by atoms with Gasteiger partial charge in [-0.25, -0.2) is 4.79 Å². The van der Waals surface area contributed by atoms with Gasteiger partial charge in [0.05, 0.1) is 24.6 Å². The fraction of sp³-hybridized carbons (Fsp3) is 0.533. The van der Waals surface area contributed by atoms with Crippen LogP contribution in [0.15, 0.2) is 42.5 Å². The predicted molar refractivity (Wildman–Crippen MR) is 141 cm³/mol. The van der Waals surface area contributed by atoms with E-state index in [1.807, 2.05) is 35.2 Å². The van der Waals surface area contributed by atoms with E-state index < -0.39 is 5.97 Å². The molecule has 1 N–H and O–H groups in total. The number of fused-ring (bicyclic) bond motifs is 1. The molecule has 0 unspecified atom stereocenters. The molecular weight excluding hydrogens is 468 g/mol. The maximum absolute atomic E-state index is 14.0. The summed E-state index contributed by atoms with van der Waals surface area (Å²) in [5.74, 6) is 1.56. The Labute approximate surface area is 219 Å². The molecule has 1 saturated carbocycles. The summed E-state index contributed by atoms with van der Waals surface area (Å²) in [5, 5.41) is 9.35. The highest BCUT2D eigenvalue weighted by atomic mass is 16.5. The van der Waals surface area contributed by atoms with Crippen molar-refractivity contribution in [3.8, 4) is 11.5 Å². The van der Waals surface area contributed by atoms with Crippen molar-refractivity contribution in [2.45, 2.75) is 64.5 Å². The normalized spacial score (nSPS) is 24.5. The lowest BCUT2D eigenvalue weighted by Gasteiger charge is -2.41. The van der Waals surface area contributed by atoms with Gasteiger partial charge < -0.3 is 24.4 Å². The quantitative estimate of drug-likeness (QED) is 0.584. The van der Waals surface area contributed by atoms with E-state index >= 15 is 0 Å². The molecular formula is C30H38N2O5. The standard InChI is InChI=1S/C30H38N2O5/c1-20(2)30(29(35)32-18-24-16-26(36-3)7-8-27(24)37-19-32)12-9-25(17-30)31-13-10-21(11-14-31)22-5-4-6-23(15-22)28(33)34/h4-8,15-16,20-21,25H,9-14,17-19H2,1-3H3,(H,33,34)/t25-,30+/m1/s1. The summed E-state index contributed by atoms with van der Waals surface area (Å²) >= 11 is 0. The number of aromatic carboxylic acids is 1. The number of ether oxygens (including phenoxy) is 2. The van der Waals surface area contributed by atoms with Crippen LogP contribution in [0.2, 0.25) is 0 Å². The van der Waals surface area contributed by atoms with Crippen molar-refractivity contribution in [1.82, 2.24) is 9.80 Å². The van der Waals surface area contributed by atoms with Gasteiger partial charge in [0.1, 0.15) is 11.5 Å². The highest BCUT2D eigenvalue weighted by Gasteiger charge is 2.51. The zero-order valence-corrected chi connectivity index (χ0v) is 22.1.